The Morgan fingerprint density at radius 1 is 1.00 bits per heavy atom. The lowest BCUT2D eigenvalue weighted by Crippen LogP contribution is -2.14. The van der Waals surface area contributed by atoms with Crippen LogP contribution in [0, 0.1) is 0 Å². The normalized spacial score (nSPS) is 9.50. The molecule has 0 heterocycles. The summed E-state index contributed by atoms with van der Waals surface area (Å²) in [5.74, 6) is 0. The van der Waals surface area contributed by atoms with Crippen LogP contribution in [0.4, 0.5) is 0 Å². The van der Waals surface area contributed by atoms with E-state index >= 15 is 0 Å². The fraction of sp³-hybridized carbons (Fsp3) is 0.571. The maximum atomic E-state index is 2.28. The Hall–Kier alpha value is -0.780. The van der Waals surface area contributed by atoms with Crippen molar-refractivity contribution in [3.63, 3.8) is 0 Å². The van der Waals surface area contributed by atoms with Gasteiger partial charge in [0.15, 0.2) is 0 Å². The van der Waals surface area contributed by atoms with Crippen LogP contribution in [0.2, 0.25) is 0 Å². The minimum absolute atomic E-state index is 0. The third-order valence-electron chi connectivity index (χ3n) is 2.44. The zero-order valence-electron chi connectivity index (χ0n) is 9.59. The van der Waals surface area contributed by atoms with Gasteiger partial charge in [-0.1, -0.05) is 72.4 Å². The predicted octanol–water partition coefficient (Wildman–Crippen LogP) is 5.04. The van der Waals surface area contributed by atoms with E-state index in [-0.39, 0.29) is 7.43 Å². The van der Waals surface area contributed by atoms with Gasteiger partial charge in [-0.2, -0.15) is 0 Å². The first-order valence-electron chi connectivity index (χ1n) is 5.22. The number of benzene rings is 1. The molecule has 0 aliphatic rings. The van der Waals surface area contributed by atoms with Gasteiger partial charge < -0.3 is 0 Å². The molecule has 0 heteroatoms. The molecule has 0 aliphatic heterocycles. The lowest BCUT2D eigenvalue weighted by molar-refractivity contribution is 0.506. The lowest BCUT2D eigenvalue weighted by atomic mass is 9.82. The van der Waals surface area contributed by atoms with Crippen LogP contribution in [-0.2, 0) is 5.41 Å². The third-order valence-corrected chi connectivity index (χ3v) is 2.44. The molecular formula is C14H26. The number of hydrogen-bond donors (Lipinski definition) is 0. The standard InChI is InChI=1S/C11H16.C2H6.CH4/c1-4-11(2,3)10-8-6-5-7-9-10;1-2;/h5-9H,4H2,1-3H3;1-2H3;1H4. The van der Waals surface area contributed by atoms with Crippen molar-refractivity contribution >= 4 is 0 Å². The fourth-order valence-electron chi connectivity index (χ4n) is 1.09. The summed E-state index contributed by atoms with van der Waals surface area (Å²) in [4.78, 5) is 0. The predicted molar refractivity (Wildman–Crippen MR) is 67.8 cm³/mol. The molecule has 0 saturated carbocycles. The quantitative estimate of drug-likeness (QED) is 0.619. The van der Waals surface area contributed by atoms with E-state index in [2.05, 4.69) is 51.1 Å². The Labute approximate surface area is 90.4 Å². The van der Waals surface area contributed by atoms with Gasteiger partial charge in [0.05, 0.1) is 0 Å². The van der Waals surface area contributed by atoms with Gasteiger partial charge >= 0.3 is 0 Å². The molecule has 0 amide bonds. The SMILES string of the molecule is C.CC.CCC(C)(C)c1ccccc1. The zero-order valence-corrected chi connectivity index (χ0v) is 9.59. The van der Waals surface area contributed by atoms with Crippen LogP contribution >= 0.6 is 0 Å². The van der Waals surface area contributed by atoms with Crippen molar-refractivity contribution < 1.29 is 0 Å². The van der Waals surface area contributed by atoms with Gasteiger partial charge in [0.1, 0.15) is 0 Å². The van der Waals surface area contributed by atoms with Crippen LogP contribution in [0.5, 0.6) is 0 Å². The summed E-state index contributed by atoms with van der Waals surface area (Å²) in [6, 6.07) is 10.7. The van der Waals surface area contributed by atoms with E-state index in [1.807, 2.05) is 13.8 Å². The Morgan fingerprint density at radius 2 is 1.43 bits per heavy atom. The largest absolute Gasteiger partial charge is 0.0776 e. The first-order valence-corrected chi connectivity index (χ1v) is 5.22. The molecule has 0 atom stereocenters. The van der Waals surface area contributed by atoms with Crippen LogP contribution in [0.1, 0.15) is 54.0 Å². The molecule has 0 unspecified atom stereocenters. The number of hydrogen-bond acceptors (Lipinski definition) is 0. The van der Waals surface area contributed by atoms with E-state index in [1.165, 1.54) is 12.0 Å². The van der Waals surface area contributed by atoms with Gasteiger partial charge in [-0.05, 0) is 17.4 Å². The van der Waals surface area contributed by atoms with Crippen molar-refractivity contribution in [2.75, 3.05) is 0 Å². The molecule has 0 nitrogen and oxygen atoms in total. The van der Waals surface area contributed by atoms with Crippen molar-refractivity contribution in [3.8, 4) is 0 Å². The van der Waals surface area contributed by atoms with Gasteiger partial charge in [0, 0.05) is 0 Å². The van der Waals surface area contributed by atoms with E-state index in [0.717, 1.165) is 0 Å². The molecule has 14 heavy (non-hydrogen) atoms. The number of rotatable bonds is 2. The molecule has 0 spiro atoms. The summed E-state index contributed by atoms with van der Waals surface area (Å²) in [5, 5.41) is 0. The van der Waals surface area contributed by atoms with E-state index in [1.54, 1.807) is 0 Å². The zero-order chi connectivity index (χ0) is 10.3. The molecule has 0 bridgehead atoms. The van der Waals surface area contributed by atoms with E-state index < -0.39 is 0 Å². The van der Waals surface area contributed by atoms with E-state index in [4.69, 9.17) is 0 Å². The van der Waals surface area contributed by atoms with Crippen LogP contribution in [0.3, 0.4) is 0 Å². The molecule has 0 fully saturated rings. The second-order valence-corrected chi connectivity index (χ2v) is 3.60. The molecule has 0 aromatic heterocycles. The first-order chi connectivity index (χ1) is 6.17. The minimum Gasteiger partial charge on any atom is -0.0776 e. The van der Waals surface area contributed by atoms with Crippen LogP contribution < -0.4 is 0 Å². The average molecular weight is 194 g/mol. The van der Waals surface area contributed by atoms with Crippen molar-refractivity contribution in [1.82, 2.24) is 0 Å². The molecule has 1 rings (SSSR count). The summed E-state index contributed by atoms with van der Waals surface area (Å²) in [5.41, 5.74) is 1.77. The maximum absolute atomic E-state index is 2.28. The molecule has 0 aliphatic carbocycles. The summed E-state index contributed by atoms with van der Waals surface area (Å²) >= 11 is 0. The van der Waals surface area contributed by atoms with E-state index in [0.29, 0.717) is 5.41 Å². The van der Waals surface area contributed by atoms with Gasteiger partial charge in [-0.25, -0.2) is 0 Å². The molecule has 1 aromatic rings. The van der Waals surface area contributed by atoms with Crippen molar-refractivity contribution in [1.29, 1.82) is 0 Å². The highest BCUT2D eigenvalue weighted by molar-refractivity contribution is 5.22. The summed E-state index contributed by atoms with van der Waals surface area (Å²) in [7, 11) is 0. The summed E-state index contributed by atoms with van der Waals surface area (Å²) in [6.45, 7) is 10.8. The maximum Gasteiger partial charge on any atom is -0.0106 e. The monoisotopic (exact) mass is 194 g/mol. The van der Waals surface area contributed by atoms with Crippen LogP contribution in [0.25, 0.3) is 0 Å². The lowest BCUT2D eigenvalue weighted by Gasteiger charge is -2.22. The molecule has 0 saturated heterocycles. The molecule has 82 valence electrons. The molecule has 0 N–H and O–H groups in total. The van der Waals surface area contributed by atoms with Crippen molar-refractivity contribution in [2.24, 2.45) is 0 Å². The fourth-order valence-corrected chi connectivity index (χ4v) is 1.09. The molecule has 0 radical (unpaired) electrons. The van der Waals surface area contributed by atoms with Gasteiger partial charge in [0.25, 0.3) is 0 Å². The van der Waals surface area contributed by atoms with Crippen LogP contribution in [0.15, 0.2) is 30.3 Å². The Balaban J connectivity index is 0. The van der Waals surface area contributed by atoms with E-state index in [9.17, 15) is 0 Å². The Bertz CT molecular complexity index is 209. The Morgan fingerprint density at radius 3 is 1.79 bits per heavy atom. The smallest absolute Gasteiger partial charge is 0.0106 e. The van der Waals surface area contributed by atoms with Crippen molar-refractivity contribution in [2.45, 2.75) is 53.9 Å². The van der Waals surface area contributed by atoms with Crippen molar-refractivity contribution in [3.05, 3.63) is 35.9 Å². The highest BCUT2D eigenvalue weighted by Crippen LogP contribution is 2.25. The van der Waals surface area contributed by atoms with Gasteiger partial charge in [0.2, 0.25) is 0 Å². The minimum atomic E-state index is 0. The highest BCUT2D eigenvalue weighted by Gasteiger charge is 2.16. The molecular weight excluding hydrogens is 168 g/mol. The first kappa shape index (κ1) is 15.7. The van der Waals surface area contributed by atoms with Crippen LogP contribution in [-0.4, -0.2) is 0 Å². The second-order valence-electron chi connectivity index (χ2n) is 3.60. The third kappa shape index (κ3) is 4.45. The van der Waals surface area contributed by atoms with Gasteiger partial charge in [-0.3, -0.25) is 0 Å². The second kappa shape index (κ2) is 7.61. The highest BCUT2D eigenvalue weighted by atomic mass is 14.2. The molecule has 1 aromatic carbocycles. The van der Waals surface area contributed by atoms with Gasteiger partial charge in [-0.15, -0.1) is 0 Å². The average Bonchev–Trinajstić information content (AvgIpc) is 2.22. The Kier molecular flexibility index (Phi) is 8.52. The summed E-state index contributed by atoms with van der Waals surface area (Å²) in [6.07, 6.45) is 1.19. The topological polar surface area (TPSA) is 0 Å². The summed E-state index contributed by atoms with van der Waals surface area (Å²) < 4.78 is 0.